The summed E-state index contributed by atoms with van der Waals surface area (Å²) in [5.41, 5.74) is 0.286. The number of hydrogen-bond donors (Lipinski definition) is 2. The van der Waals surface area contributed by atoms with E-state index < -0.39 is 11.5 Å². The van der Waals surface area contributed by atoms with Crippen molar-refractivity contribution in [3.05, 3.63) is 18.0 Å². The smallest absolute Gasteiger partial charge is 0.225 e. The van der Waals surface area contributed by atoms with Gasteiger partial charge < -0.3 is 10.4 Å². The van der Waals surface area contributed by atoms with Crippen LogP contribution in [0.3, 0.4) is 0 Å². The van der Waals surface area contributed by atoms with Crippen LogP contribution >= 0.6 is 0 Å². The van der Waals surface area contributed by atoms with E-state index in [-0.39, 0.29) is 12.5 Å². The lowest BCUT2D eigenvalue weighted by molar-refractivity contribution is -0.128. The Bertz CT molecular complexity index is 379. The van der Waals surface area contributed by atoms with E-state index in [9.17, 15) is 9.90 Å². The predicted octanol–water partition coefficient (Wildman–Crippen LogP) is 1.10. The molecular formula is C12H21N3O2. The molecule has 1 amide bonds. The third-order valence-corrected chi connectivity index (χ3v) is 2.50. The molecule has 1 heterocycles. The van der Waals surface area contributed by atoms with E-state index in [1.54, 1.807) is 17.1 Å². The largest absolute Gasteiger partial charge is 0.386 e. The van der Waals surface area contributed by atoms with Crippen LogP contribution in [0.5, 0.6) is 0 Å². The summed E-state index contributed by atoms with van der Waals surface area (Å²) in [5.74, 6) is -0.0700. The molecule has 0 aliphatic rings. The minimum absolute atomic E-state index is 0.0700. The third kappa shape index (κ3) is 3.85. The highest BCUT2D eigenvalue weighted by molar-refractivity contribution is 5.81. The molecule has 1 atom stereocenters. The maximum atomic E-state index is 11.6. The minimum Gasteiger partial charge on any atom is -0.386 e. The first-order chi connectivity index (χ1) is 7.84. The van der Waals surface area contributed by atoms with Crippen LogP contribution in [0, 0.1) is 5.41 Å². The highest BCUT2D eigenvalue weighted by Gasteiger charge is 2.22. The highest BCUT2D eigenvalue weighted by Crippen LogP contribution is 2.14. The number of aliphatic hydroxyl groups is 1. The Balaban J connectivity index is 2.50. The van der Waals surface area contributed by atoms with Gasteiger partial charge in [0.05, 0.1) is 12.3 Å². The van der Waals surface area contributed by atoms with Crippen LogP contribution in [0.25, 0.3) is 0 Å². The van der Waals surface area contributed by atoms with Crippen molar-refractivity contribution in [3.63, 3.8) is 0 Å². The molecule has 1 aromatic heterocycles. The van der Waals surface area contributed by atoms with Crippen LogP contribution in [0.2, 0.25) is 0 Å². The van der Waals surface area contributed by atoms with Gasteiger partial charge in [0, 0.05) is 30.3 Å². The molecule has 5 nitrogen and oxygen atoms in total. The van der Waals surface area contributed by atoms with Gasteiger partial charge >= 0.3 is 0 Å². The van der Waals surface area contributed by atoms with Gasteiger partial charge in [-0.15, -0.1) is 0 Å². The van der Waals surface area contributed by atoms with Gasteiger partial charge in [-0.2, -0.15) is 5.10 Å². The normalized spacial score (nSPS) is 13.5. The first kappa shape index (κ1) is 13.7. The summed E-state index contributed by atoms with van der Waals surface area (Å²) in [6, 6.07) is 0. The fourth-order valence-corrected chi connectivity index (χ4v) is 1.30. The lowest BCUT2D eigenvalue weighted by atomic mass is 9.95. The number of rotatable bonds is 4. The number of hydrogen-bond acceptors (Lipinski definition) is 3. The molecule has 0 aromatic carbocycles. The summed E-state index contributed by atoms with van der Waals surface area (Å²) in [6.07, 6.45) is 2.70. The van der Waals surface area contributed by atoms with Crippen molar-refractivity contribution in [2.24, 2.45) is 5.41 Å². The molecule has 0 fully saturated rings. The molecule has 0 spiro atoms. The summed E-state index contributed by atoms with van der Waals surface area (Å²) in [6.45, 7) is 8.47. The van der Waals surface area contributed by atoms with Gasteiger partial charge in [-0.3, -0.25) is 9.48 Å². The van der Waals surface area contributed by atoms with Gasteiger partial charge in [0.2, 0.25) is 5.91 Å². The van der Waals surface area contributed by atoms with Gasteiger partial charge in [0.1, 0.15) is 0 Å². The lowest BCUT2D eigenvalue weighted by Gasteiger charge is -2.19. The molecule has 0 radical (unpaired) electrons. The van der Waals surface area contributed by atoms with Crippen LogP contribution < -0.4 is 5.32 Å². The number of carbonyl (C=O) groups excluding carboxylic acids is 1. The first-order valence-electron chi connectivity index (χ1n) is 5.83. The summed E-state index contributed by atoms with van der Waals surface area (Å²) in [7, 11) is 0. The van der Waals surface area contributed by atoms with Crippen molar-refractivity contribution in [1.29, 1.82) is 0 Å². The molecule has 1 aromatic rings. The van der Waals surface area contributed by atoms with Crippen molar-refractivity contribution in [3.8, 4) is 0 Å². The van der Waals surface area contributed by atoms with E-state index in [4.69, 9.17) is 0 Å². The van der Waals surface area contributed by atoms with Gasteiger partial charge in [0.25, 0.3) is 0 Å². The second kappa shape index (κ2) is 5.31. The molecule has 5 heteroatoms. The Kier molecular flexibility index (Phi) is 4.28. The van der Waals surface area contributed by atoms with E-state index in [0.29, 0.717) is 0 Å². The molecule has 0 aliphatic heterocycles. The average Bonchev–Trinajstić information content (AvgIpc) is 2.72. The number of nitrogens with zero attached hydrogens (tertiary/aromatic N) is 2. The molecule has 0 saturated heterocycles. The van der Waals surface area contributed by atoms with E-state index >= 15 is 0 Å². The van der Waals surface area contributed by atoms with Crippen molar-refractivity contribution >= 4 is 5.91 Å². The Morgan fingerprint density at radius 3 is 2.71 bits per heavy atom. The Hall–Kier alpha value is -1.36. The van der Waals surface area contributed by atoms with Crippen LogP contribution in [0.1, 0.15) is 39.4 Å². The zero-order chi connectivity index (χ0) is 13.1. The number of nitrogens with one attached hydrogen (secondary N) is 1. The Labute approximate surface area is 102 Å². The summed E-state index contributed by atoms with van der Waals surface area (Å²) >= 11 is 0. The maximum absolute atomic E-state index is 11.6. The predicted molar refractivity (Wildman–Crippen MR) is 65.3 cm³/mol. The lowest BCUT2D eigenvalue weighted by Crippen LogP contribution is -2.37. The topological polar surface area (TPSA) is 67.2 Å². The molecule has 1 rings (SSSR count). The fourth-order valence-electron chi connectivity index (χ4n) is 1.30. The van der Waals surface area contributed by atoms with Crippen LogP contribution in [0.4, 0.5) is 0 Å². The molecule has 1 unspecified atom stereocenters. The molecular weight excluding hydrogens is 218 g/mol. The minimum atomic E-state index is -0.707. The summed E-state index contributed by atoms with van der Waals surface area (Å²) in [5, 5.41) is 16.7. The van der Waals surface area contributed by atoms with Crippen molar-refractivity contribution in [2.45, 2.75) is 40.3 Å². The van der Waals surface area contributed by atoms with E-state index in [0.717, 1.165) is 12.1 Å². The number of amides is 1. The number of aryl methyl sites for hydroxylation is 1. The van der Waals surface area contributed by atoms with Gasteiger partial charge in [0.15, 0.2) is 0 Å². The summed E-state index contributed by atoms with van der Waals surface area (Å²) < 4.78 is 1.74. The molecule has 0 saturated carbocycles. The standard InChI is InChI=1S/C12H21N3O2/c1-5-15-8-9(6-14-15)10(16)7-13-11(17)12(2,3)4/h6,8,10,16H,5,7H2,1-4H3,(H,13,17). The van der Waals surface area contributed by atoms with Crippen molar-refractivity contribution in [1.82, 2.24) is 15.1 Å². The third-order valence-electron chi connectivity index (χ3n) is 2.50. The van der Waals surface area contributed by atoms with Gasteiger partial charge in [-0.1, -0.05) is 20.8 Å². The first-order valence-corrected chi connectivity index (χ1v) is 5.83. The van der Waals surface area contributed by atoms with E-state index in [1.165, 1.54) is 0 Å². The second-order valence-electron chi connectivity index (χ2n) is 5.11. The summed E-state index contributed by atoms with van der Waals surface area (Å²) in [4.78, 5) is 11.6. The zero-order valence-corrected chi connectivity index (χ0v) is 10.9. The average molecular weight is 239 g/mol. The molecule has 17 heavy (non-hydrogen) atoms. The SMILES string of the molecule is CCn1cc(C(O)CNC(=O)C(C)(C)C)cn1. The Morgan fingerprint density at radius 2 is 2.24 bits per heavy atom. The zero-order valence-electron chi connectivity index (χ0n) is 10.9. The van der Waals surface area contributed by atoms with Gasteiger partial charge in [-0.25, -0.2) is 0 Å². The van der Waals surface area contributed by atoms with Crippen LogP contribution in [0.15, 0.2) is 12.4 Å². The number of carbonyl (C=O) groups is 1. The van der Waals surface area contributed by atoms with Gasteiger partial charge in [-0.05, 0) is 6.92 Å². The number of aliphatic hydroxyl groups excluding tert-OH is 1. The van der Waals surface area contributed by atoms with Crippen molar-refractivity contribution < 1.29 is 9.90 Å². The van der Waals surface area contributed by atoms with Crippen LogP contribution in [-0.4, -0.2) is 27.3 Å². The monoisotopic (exact) mass is 239 g/mol. The van der Waals surface area contributed by atoms with Crippen molar-refractivity contribution in [2.75, 3.05) is 6.54 Å². The van der Waals surface area contributed by atoms with Crippen LogP contribution in [-0.2, 0) is 11.3 Å². The quantitative estimate of drug-likeness (QED) is 0.826. The highest BCUT2D eigenvalue weighted by atomic mass is 16.3. The Morgan fingerprint density at radius 1 is 1.59 bits per heavy atom. The maximum Gasteiger partial charge on any atom is 0.225 e. The molecule has 2 N–H and O–H groups in total. The number of aromatic nitrogens is 2. The second-order valence-corrected chi connectivity index (χ2v) is 5.11. The molecule has 0 aliphatic carbocycles. The molecule has 0 bridgehead atoms. The van der Waals surface area contributed by atoms with E-state index in [1.807, 2.05) is 27.7 Å². The fraction of sp³-hybridized carbons (Fsp3) is 0.667. The molecule has 96 valence electrons. The van der Waals surface area contributed by atoms with E-state index in [2.05, 4.69) is 10.4 Å².